The van der Waals surface area contributed by atoms with E-state index in [2.05, 4.69) is 10.4 Å². The van der Waals surface area contributed by atoms with Gasteiger partial charge in [0.15, 0.2) is 5.78 Å². The maximum absolute atomic E-state index is 15.2. The smallest absolute Gasteiger partial charge is 0.319 e. The molecule has 2 aliphatic rings. The molecule has 5 N–H and O–H groups in total. The fourth-order valence-corrected chi connectivity index (χ4v) is 5.21. The molecule has 35 heavy (non-hydrogen) atoms. The van der Waals surface area contributed by atoms with E-state index in [1.54, 1.807) is 17.7 Å². The number of carbonyl (C=O) groups is 3. The maximum Gasteiger partial charge on any atom is 0.319 e. The molecule has 2 aromatic rings. The number of benzene rings is 1. The van der Waals surface area contributed by atoms with Gasteiger partial charge in [-0.05, 0) is 50.5 Å². The molecule has 0 unspecified atom stereocenters. The number of primary amides is 1. The van der Waals surface area contributed by atoms with Crippen LogP contribution in [0.15, 0.2) is 12.1 Å². The number of hydrogen-bond acceptors (Lipinski definition) is 7. The SMILES string of the molecule is Cc1nn(-c2cc(F)c(C(N)=O)c(N[C@H]3CC[C@H](OC(=O)CN)CC3)c2)c2c1C(=O)CC(C)(C)C2. The van der Waals surface area contributed by atoms with Crippen molar-refractivity contribution in [3.8, 4) is 5.69 Å². The Morgan fingerprint density at radius 2 is 1.91 bits per heavy atom. The molecule has 1 aromatic heterocycles. The van der Waals surface area contributed by atoms with Gasteiger partial charge < -0.3 is 21.5 Å². The summed E-state index contributed by atoms with van der Waals surface area (Å²) in [5.41, 5.74) is 13.0. The van der Waals surface area contributed by atoms with E-state index < -0.39 is 17.7 Å². The van der Waals surface area contributed by atoms with Crippen LogP contribution >= 0.6 is 0 Å². The van der Waals surface area contributed by atoms with Crippen molar-refractivity contribution in [2.24, 2.45) is 16.9 Å². The number of esters is 1. The Hall–Kier alpha value is -3.27. The van der Waals surface area contributed by atoms with Gasteiger partial charge in [0.05, 0.1) is 40.4 Å². The van der Waals surface area contributed by atoms with Crippen molar-refractivity contribution in [3.05, 3.63) is 40.5 Å². The number of fused-ring (bicyclic) bond motifs is 1. The average Bonchev–Trinajstić information content (AvgIpc) is 3.09. The molecule has 0 saturated heterocycles. The average molecular weight is 486 g/mol. The van der Waals surface area contributed by atoms with Crippen molar-refractivity contribution < 1.29 is 23.5 Å². The van der Waals surface area contributed by atoms with Crippen LogP contribution in [0.3, 0.4) is 0 Å². The van der Waals surface area contributed by atoms with Gasteiger partial charge in [-0.3, -0.25) is 14.4 Å². The Morgan fingerprint density at radius 3 is 2.54 bits per heavy atom. The Bertz CT molecular complexity index is 1180. The molecule has 0 spiro atoms. The van der Waals surface area contributed by atoms with Crippen molar-refractivity contribution in [2.75, 3.05) is 11.9 Å². The van der Waals surface area contributed by atoms with E-state index in [1.807, 2.05) is 13.8 Å². The number of amides is 1. The summed E-state index contributed by atoms with van der Waals surface area (Å²) in [7, 11) is 0. The van der Waals surface area contributed by atoms with Crippen molar-refractivity contribution >= 4 is 23.3 Å². The third-order valence-corrected chi connectivity index (χ3v) is 6.78. The zero-order valence-corrected chi connectivity index (χ0v) is 20.3. The lowest BCUT2D eigenvalue weighted by Crippen LogP contribution is -2.33. The standard InChI is InChI=1S/C25H32FN5O4/c1-13-22-19(10-25(2,3)11-20(22)32)31(30-13)15-8-17(26)23(24(28)34)18(9-15)29-14-4-6-16(7-5-14)35-21(33)12-27/h8-9,14,16,29H,4-7,10-12,27H2,1-3H3,(H2,28,34)/t14-,16-. The van der Waals surface area contributed by atoms with Crippen LogP contribution in [0.5, 0.6) is 0 Å². The highest BCUT2D eigenvalue weighted by Gasteiger charge is 2.36. The summed E-state index contributed by atoms with van der Waals surface area (Å²) in [5.74, 6) is -2.05. The second-order valence-electron chi connectivity index (χ2n) is 10.3. The Labute approximate surface area is 203 Å². The number of halogens is 1. The summed E-state index contributed by atoms with van der Waals surface area (Å²) < 4.78 is 22.1. The molecule has 4 rings (SSSR count). The van der Waals surface area contributed by atoms with E-state index >= 15 is 4.39 Å². The number of nitrogens with two attached hydrogens (primary N) is 2. The van der Waals surface area contributed by atoms with Crippen LogP contribution in [0, 0.1) is 18.2 Å². The van der Waals surface area contributed by atoms with Gasteiger partial charge in [-0.25, -0.2) is 9.07 Å². The van der Waals surface area contributed by atoms with Crippen molar-refractivity contribution in [3.63, 3.8) is 0 Å². The number of ketones is 1. The highest BCUT2D eigenvalue weighted by atomic mass is 19.1. The topological polar surface area (TPSA) is 142 Å². The van der Waals surface area contributed by atoms with Gasteiger partial charge in [0.1, 0.15) is 11.9 Å². The minimum atomic E-state index is -0.878. The monoisotopic (exact) mass is 485 g/mol. The van der Waals surface area contributed by atoms with E-state index in [0.29, 0.717) is 55.5 Å². The molecule has 9 nitrogen and oxygen atoms in total. The summed E-state index contributed by atoms with van der Waals surface area (Å²) in [6, 6.07) is 2.82. The molecule has 188 valence electrons. The van der Waals surface area contributed by atoms with Crippen molar-refractivity contribution in [2.45, 2.75) is 71.4 Å². The normalized spacial score (nSPS) is 21.3. The van der Waals surface area contributed by atoms with E-state index in [-0.39, 0.29) is 41.1 Å². The quantitative estimate of drug-likeness (QED) is 0.534. The number of carbonyl (C=O) groups excluding carboxylic acids is 3. The largest absolute Gasteiger partial charge is 0.461 e. The number of hydrogen-bond donors (Lipinski definition) is 3. The van der Waals surface area contributed by atoms with E-state index in [1.165, 1.54) is 6.07 Å². The van der Waals surface area contributed by atoms with Gasteiger partial charge in [0.25, 0.3) is 5.91 Å². The first kappa shape index (κ1) is 24.8. The second-order valence-corrected chi connectivity index (χ2v) is 10.3. The number of anilines is 1. The van der Waals surface area contributed by atoms with Gasteiger partial charge >= 0.3 is 5.97 Å². The first-order valence-electron chi connectivity index (χ1n) is 11.9. The number of Topliss-reactive ketones (excluding diaryl/α,β-unsaturated/α-hetero) is 1. The van der Waals surface area contributed by atoms with Crippen LogP contribution in [0.1, 0.15) is 78.1 Å². The summed E-state index contributed by atoms with van der Waals surface area (Å²) in [4.78, 5) is 36.4. The first-order chi connectivity index (χ1) is 16.5. The molecule has 1 aromatic carbocycles. The first-order valence-corrected chi connectivity index (χ1v) is 11.9. The summed E-state index contributed by atoms with van der Waals surface area (Å²) >= 11 is 0. The zero-order valence-electron chi connectivity index (χ0n) is 20.3. The number of aromatic nitrogens is 2. The van der Waals surface area contributed by atoms with Crippen LogP contribution in [0.4, 0.5) is 10.1 Å². The van der Waals surface area contributed by atoms with Gasteiger partial charge in [-0.15, -0.1) is 0 Å². The predicted molar refractivity (Wildman–Crippen MR) is 128 cm³/mol. The van der Waals surface area contributed by atoms with Crippen LogP contribution in [-0.2, 0) is 16.0 Å². The van der Waals surface area contributed by atoms with Crippen LogP contribution in [-0.4, -0.2) is 46.1 Å². The molecule has 0 atom stereocenters. The Morgan fingerprint density at radius 1 is 1.23 bits per heavy atom. The van der Waals surface area contributed by atoms with E-state index in [4.69, 9.17) is 16.2 Å². The molecule has 1 heterocycles. The maximum atomic E-state index is 15.2. The minimum Gasteiger partial charge on any atom is -0.461 e. The van der Waals surface area contributed by atoms with E-state index in [9.17, 15) is 14.4 Å². The van der Waals surface area contributed by atoms with E-state index in [0.717, 1.165) is 5.69 Å². The number of ether oxygens (including phenoxy) is 1. The Kier molecular flexibility index (Phi) is 6.68. The summed E-state index contributed by atoms with van der Waals surface area (Å²) in [6.45, 7) is 5.65. The number of nitrogens with one attached hydrogen (secondary N) is 1. The van der Waals surface area contributed by atoms with Gasteiger partial charge in [0.2, 0.25) is 0 Å². The summed E-state index contributed by atoms with van der Waals surface area (Å²) in [5, 5.41) is 7.82. The number of aryl methyl sites for hydroxylation is 1. The van der Waals surface area contributed by atoms with Crippen LogP contribution < -0.4 is 16.8 Å². The lowest BCUT2D eigenvalue weighted by Gasteiger charge is -2.30. The van der Waals surface area contributed by atoms with Crippen LogP contribution in [0.2, 0.25) is 0 Å². The van der Waals surface area contributed by atoms with Gasteiger partial charge in [-0.2, -0.15) is 5.10 Å². The fourth-order valence-electron chi connectivity index (χ4n) is 5.21. The third kappa shape index (κ3) is 5.07. The zero-order chi connectivity index (χ0) is 25.5. The molecule has 0 aliphatic heterocycles. The third-order valence-electron chi connectivity index (χ3n) is 6.78. The molecule has 0 bridgehead atoms. The predicted octanol–water partition coefficient (Wildman–Crippen LogP) is 2.80. The summed E-state index contributed by atoms with van der Waals surface area (Å²) in [6.07, 6.45) is 3.40. The molecular weight excluding hydrogens is 453 g/mol. The molecule has 1 fully saturated rings. The molecule has 2 aliphatic carbocycles. The van der Waals surface area contributed by atoms with Crippen molar-refractivity contribution in [1.29, 1.82) is 0 Å². The lowest BCUT2D eigenvalue weighted by atomic mass is 9.75. The highest BCUT2D eigenvalue weighted by molar-refractivity contribution is 6.00. The minimum absolute atomic E-state index is 0.0275. The number of rotatable bonds is 6. The van der Waals surface area contributed by atoms with Crippen LogP contribution in [0.25, 0.3) is 5.69 Å². The van der Waals surface area contributed by atoms with Gasteiger partial charge in [0, 0.05) is 18.5 Å². The van der Waals surface area contributed by atoms with Gasteiger partial charge in [-0.1, -0.05) is 13.8 Å². The molecule has 1 saturated carbocycles. The second kappa shape index (κ2) is 9.41. The highest BCUT2D eigenvalue weighted by Crippen LogP contribution is 2.38. The molecule has 1 amide bonds. The van der Waals surface area contributed by atoms with Crippen molar-refractivity contribution in [1.82, 2.24) is 9.78 Å². The molecule has 10 heteroatoms. The molecular formula is C25H32FN5O4. The Balaban J connectivity index is 1.65. The molecule has 0 radical (unpaired) electrons. The lowest BCUT2D eigenvalue weighted by molar-refractivity contribution is -0.148. The fraction of sp³-hybridized carbons (Fsp3) is 0.520. The number of nitrogens with zero attached hydrogens (tertiary/aromatic N) is 2.